The summed E-state index contributed by atoms with van der Waals surface area (Å²) in [7, 11) is 1.28. The van der Waals surface area contributed by atoms with Crippen LogP contribution in [0.4, 0.5) is 5.00 Å². The van der Waals surface area contributed by atoms with Gasteiger partial charge in [0.1, 0.15) is 5.00 Å². The van der Waals surface area contributed by atoms with Gasteiger partial charge in [-0.25, -0.2) is 4.79 Å². The van der Waals surface area contributed by atoms with Crippen molar-refractivity contribution in [2.45, 2.75) is 19.8 Å². The lowest BCUT2D eigenvalue weighted by atomic mass is 9.82. The maximum Gasteiger partial charge on any atom is 0.340 e. The SMILES string of the molecule is CCc1cc(C(=O)OC)c(NC(=O)[C@H]2[C@@H](C(=O)[O-])[C@@H]3C=C[C@@H]2C3)s1. The van der Waals surface area contributed by atoms with Gasteiger partial charge >= 0.3 is 5.97 Å². The van der Waals surface area contributed by atoms with Crippen LogP contribution in [0.2, 0.25) is 0 Å². The molecular weight excluding hydrogens is 330 g/mol. The number of thiophene rings is 1. The first-order chi connectivity index (χ1) is 11.5. The summed E-state index contributed by atoms with van der Waals surface area (Å²) < 4.78 is 4.75. The van der Waals surface area contributed by atoms with Gasteiger partial charge in [0.2, 0.25) is 5.91 Å². The van der Waals surface area contributed by atoms with E-state index in [9.17, 15) is 19.5 Å². The summed E-state index contributed by atoms with van der Waals surface area (Å²) in [5.41, 5.74) is 0.302. The normalized spacial score (nSPS) is 27.2. The molecule has 1 fully saturated rings. The molecule has 3 rings (SSSR count). The Balaban J connectivity index is 1.85. The highest BCUT2D eigenvalue weighted by Crippen LogP contribution is 2.48. The van der Waals surface area contributed by atoms with E-state index < -0.39 is 23.8 Å². The van der Waals surface area contributed by atoms with E-state index in [-0.39, 0.29) is 17.7 Å². The van der Waals surface area contributed by atoms with Gasteiger partial charge in [-0.05, 0) is 30.7 Å². The molecule has 128 valence electrons. The van der Waals surface area contributed by atoms with Crippen LogP contribution in [0.1, 0.15) is 28.6 Å². The van der Waals surface area contributed by atoms with Gasteiger partial charge in [0.05, 0.1) is 18.6 Å². The monoisotopic (exact) mass is 348 g/mol. The number of aryl methyl sites for hydroxylation is 1. The second kappa shape index (κ2) is 6.39. The number of hydrogen-bond donors (Lipinski definition) is 1. The number of nitrogens with one attached hydrogen (secondary N) is 1. The Morgan fingerprint density at radius 2 is 1.96 bits per heavy atom. The van der Waals surface area contributed by atoms with E-state index >= 15 is 0 Å². The summed E-state index contributed by atoms with van der Waals surface area (Å²) in [6.45, 7) is 1.95. The molecule has 6 nitrogen and oxygen atoms in total. The summed E-state index contributed by atoms with van der Waals surface area (Å²) in [6.07, 6.45) is 5.14. The zero-order chi connectivity index (χ0) is 17.4. The number of esters is 1. The van der Waals surface area contributed by atoms with E-state index in [1.54, 1.807) is 6.07 Å². The number of carbonyl (C=O) groups is 3. The number of methoxy groups -OCH3 is 1. The zero-order valence-corrected chi connectivity index (χ0v) is 14.2. The lowest BCUT2D eigenvalue weighted by molar-refractivity contribution is -0.313. The van der Waals surface area contributed by atoms with Crippen molar-refractivity contribution in [3.63, 3.8) is 0 Å². The Labute approximate surface area is 143 Å². The number of hydrogen-bond acceptors (Lipinski definition) is 6. The van der Waals surface area contributed by atoms with Gasteiger partial charge in [0.15, 0.2) is 0 Å². The second-order valence-electron chi connectivity index (χ2n) is 6.11. The number of ether oxygens (including phenoxy) is 1. The molecule has 1 aromatic heterocycles. The molecule has 0 saturated heterocycles. The standard InChI is InChI=1S/C17H19NO5S/c1-3-10-7-11(17(22)23-2)15(24-10)18-14(19)12-8-4-5-9(6-8)13(12)16(20)21/h4-5,7-9,12-13H,3,6H2,1-2H3,(H,18,19)(H,20,21)/p-1/t8-,9-,12-,13+/m1/s1. The van der Waals surface area contributed by atoms with Crippen molar-refractivity contribution in [2.75, 3.05) is 12.4 Å². The number of allylic oxidation sites excluding steroid dienone is 2. The van der Waals surface area contributed by atoms with Crippen LogP contribution in [0, 0.1) is 23.7 Å². The largest absolute Gasteiger partial charge is 0.550 e. The minimum Gasteiger partial charge on any atom is -0.550 e. The Kier molecular flexibility index (Phi) is 4.45. The molecule has 0 unspecified atom stereocenters. The first-order valence-electron chi connectivity index (χ1n) is 7.87. The van der Waals surface area contributed by atoms with Gasteiger partial charge in [-0.3, -0.25) is 4.79 Å². The number of carboxylic acid groups (broad SMARTS) is 1. The average Bonchev–Trinajstić information content (AvgIpc) is 3.27. The van der Waals surface area contributed by atoms with Crippen molar-refractivity contribution in [3.8, 4) is 0 Å². The number of aliphatic carboxylic acids is 1. The smallest absolute Gasteiger partial charge is 0.340 e. The lowest BCUT2D eigenvalue weighted by Crippen LogP contribution is -2.42. The fraction of sp³-hybridized carbons (Fsp3) is 0.471. The molecule has 1 saturated carbocycles. The van der Waals surface area contributed by atoms with Crippen LogP contribution in [-0.2, 0) is 20.7 Å². The van der Waals surface area contributed by atoms with Crippen LogP contribution in [0.25, 0.3) is 0 Å². The van der Waals surface area contributed by atoms with E-state index in [1.807, 2.05) is 19.1 Å². The van der Waals surface area contributed by atoms with Crippen molar-refractivity contribution in [3.05, 3.63) is 28.7 Å². The Morgan fingerprint density at radius 3 is 2.54 bits per heavy atom. The predicted octanol–water partition coefficient (Wildman–Crippen LogP) is 1.22. The molecule has 1 aromatic rings. The van der Waals surface area contributed by atoms with E-state index in [4.69, 9.17) is 4.74 Å². The Bertz CT molecular complexity index is 723. The molecule has 2 aliphatic carbocycles. The molecule has 24 heavy (non-hydrogen) atoms. The molecular formula is C17H18NO5S-. The minimum atomic E-state index is -1.19. The Morgan fingerprint density at radius 1 is 1.29 bits per heavy atom. The van der Waals surface area contributed by atoms with Crippen LogP contribution in [-0.4, -0.2) is 25.0 Å². The topological polar surface area (TPSA) is 95.5 Å². The minimum absolute atomic E-state index is 0.0925. The van der Waals surface area contributed by atoms with Crippen LogP contribution in [0.5, 0.6) is 0 Å². The number of carbonyl (C=O) groups excluding carboxylic acids is 3. The van der Waals surface area contributed by atoms with E-state index in [2.05, 4.69) is 5.32 Å². The van der Waals surface area contributed by atoms with Crippen molar-refractivity contribution >= 4 is 34.2 Å². The third kappa shape index (κ3) is 2.73. The van der Waals surface area contributed by atoms with E-state index in [0.717, 1.165) is 11.3 Å². The van der Waals surface area contributed by atoms with Crippen LogP contribution in [0.15, 0.2) is 18.2 Å². The van der Waals surface area contributed by atoms with Gasteiger partial charge in [-0.2, -0.15) is 0 Å². The van der Waals surface area contributed by atoms with Gasteiger partial charge in [0.25, 0.3) is 0 Å². The maximum absolute atomic E-state index is 12.7. The van der Waals surface area contributed by atoms with Gasteiger partial charge in [-0.1, -0.05) is 19.1 Å². The molecule has 0 spiro atoms. The average molecular weight is 348 g/mol. The molecule has 1 N–H and O–H groups in total. The molecule has 2 aliphatic rings. The zero-order valence-electron chi connectivity index (χ0n) is 13.4. The maximum atomic E-state index is 12.7. The summed E-state index contributed by atoms with van der Waals surface area (Å²) in [5, 5.41) is 14.6. The van der Waals surface area contributed by atoms with Gasteiger partial charge in [-0.15, -0.1) is 11.3 Å². The van der Waals surface area contributed by atoms with Crippen molar-refractivity contribution in [1.29, 1.82) is 0 Å². The number of carboxylic acids is 1. The quantitative estimate of drug-likeness (QED) is 0.638. The van der Waals surface area contributed by atoms with Gasteiger partial charge < -0.3 is 20.0 Å². The number of anilines is 1. The van der Waals surface area contributed by atoms with Crippen molar-refractivity contribution in [2.24, 2.45) is 23.7 Å². The number of fused-ring (bicyclic) bond motifs is 2. The Hall–Kier alpha value is -2.15. The highest BCUT2D eigenvalue weighted by atomic mass is 32.1. The molecule has 1 heterocycles. The highest BCUT2D eigenvalue weighted by Gasteiger charge is 2.48. The summed E-state index contributed by atoms with van der Waals surface area (Å²) >= 11 is 1.31. The number of amides is 1. The molecule has 0 radical (unpaired) electrons. The number of rotatable bonds is 5. The van der Waals surface area contributed by atoms with E-state index in [1.165, 1.54) is 18.4 Å². The molecule has 1 amide bonds. The van der Waals surface area contributed by atoms with E-state index in [0.29, 0.717) is 17.0 Å². The van der Waals surface area contributed by atoms with Crippen LogP contribution < -0.4 is 10.4 Å². The fourth-order valence-electron chi connectivity index (χ4n) is 3.67. The predicted molar refractivity (Wildman–Crippen MR) is 86.4 cm³/mol. The first-order valence-corrected chi connectivity index (χ1v) is 8.69. The molecule has 4 atom stereocenters. The second-order valence-corrected chi connectivity index (χ2v) is 7.25. The molecule has 0 aromatic carbocycles. The molecule has 2 bridgehead atoms. The molecule has 7 heteroatoms. The summed E-state index contributed by atoms with van der Waals surface area (Å²) in [6, 6.07) is 1.70. The molecule has 0 aliphatic heterocycles. The third-order valence-corrected chi connectivity index (χ3v) is 6.00. The fourth-order valence-corrected chi connectivity index (χ4v) is 4.65. The van der Waals surface area contributed by atoms with Crippen LogP contribution in [0.3, 0.4) is 0 Å². The van der Waals surface area contributed by atoms with Gasteiger partial charge in [0, 0.05) is 16.8 Å². The summed E-state index contributed by atoms with van der Waals surface area (Å²) in [5.74, 6) is -3.81. The highest BCUT2D eigenvalue weighted by molar-refractivity contribution is 7.16. The van der Waals surface area contributed by atoms with Crippen molar-refractivity contribution < 1.29 is 24.2 Å². The first kappa shape index (κ1) is 16.7. The van der Waals surface area contributed by atoms with Crippen molar-refractivity contribution in [1.82, 2.24) is 0 Å². The summed E-state index contributed by atoms with van der Waals surface area (Å²) in [4.78, 5) is 37.0. The third-order valence-electron chi connectivity index (χ3n) is 4.81. The lowest BCUT2D eigenvalue weighted by Gasteiger charge is -2.27. The van der Waals surface area contributed by atoms with Crippen LogP contribution >= 0.6 is 11.3 Å².